The van der Waals surface area contributed by atoms with E-state index >= 15 is 0 Å². The molecule has 0 saturated heterocycles. The fourth-order valence-electron chi connectivity index (χ4n) is 10.1. The number of esters is 1. The second kappa shape index (κ2) is 66.3. The number of rotatable bonds is 65. The molecular formula is C78H138N2O7P+. The standard InChI is InChI=1S/C78H137N2O7P/c1-7-10-13-16-19-22-25-28-30-32-34-36-38-39-40-41-43-45-47-49-51-53-56-59-62-65-68-71-78(82)87-76(69-66-63-60-57-54-27-24-21-18-15-12-9-3)75(74-86-88(83,84)85-73-72-80(4,5)6)79-77(81)70-67-64-61-58-55-52-50-48-46-44-42-37-35-33-31-29-26-23-20-17-14-11-8-2/h11,14,19-20,22-23,28-31,34-37,44,46,50,52,66,69,75-76H,7-10,12-13,15-18,21,24-27,32-33,38-43,45,47-49,51,53-65,67-68,70-74H2,1-6H3,(H-,79,81,83,84)/p+1/b14-11-,22-19-,23-20-,30-28-,31-29-,36-34-,37-35-,46-44-,52-50-,69-66+. The second-order valence-corrected chi connectivity index (χ2v) is 26.8. The highest BCUT2D eigenvalue weighted by Crippen LogP contribution is 2.43. The molecule has 0 bridgehead atoms. The number of phosphoric ester groups is 1. The number of ether oxygens (including phenoxy) is 1. The first-order valence-electron chi connectivity index (χ1n) is 36.4. The number of unbranched alkanes of at least 4 members (excludes halogenated alkanes) is 31. The SMILES string of the molecule is CC/C=C\C/C=C\C/C=C\C/C=C\C/C=C\C/C=C\CCCCCCC(=O)NC(COP(=O)(O)OCC[N+](C)(C)C)C(/C=C/CCCCCCCCCCCC)OC(=O)CCCCCCCCCCCCCCCC/C=C\C/C=C\C/C=C\CCCCC. The zero-order valence-electron chi connectivity index (χ0n) is 57.9. The molecule has 1 amide bonds. The lowest BCUT2D eigenvalue weighted by molar-refractivity contribution is -0.870. The Kier molecular flexibility index (Phi) is 63.6. The third-order valence-electron chi connectivity index (χ3n) is 15.6. The van der Waals surface area contributed by atoms with Crippen molar-refractivity contribution < 1.29 is 37.3 Å². The van der Waals surface area contributed by atoms with Gasteiger partial charge < -0.3 is 19.4 Å². The Morgan fingerprint density at radius 3 is 1.11 bits per heavy atom. The molecule has 0 radical (unpaired) electrons. The Hall–Kier alpha value is -3.59. The minimum absolute atomic E-state index is 0.0294. The van der Waals surface area contributed by atoms with Crippen molar-refractivity contribution in [1.82, 2.24) is 5.32 Å². The molecule has 9 nitrogen and oxygen atoms in total. The summed E-state index contributed by atoms with van der Waals surface area (Å²) in [4.78, 5) is 37.9. The van der Waals surface area contributed by atoms with Gasteiger partial charge in [-0.25, -0.2) is 4.57 Å². The van der Waals surface area contributed by atoms with Crippen LogP contribution in [0.3, 0.4) is 0 Å². The van der Waals surface area contributed by atoms with E-state index in [1.54, 1.807) is 0 Å². The maximum absolute atomic E-state index is 13.6. The average Bonchev–Trinajstić information content (AvgIpc) is 3.53. The maximum Gasteiger partial charge on any atom is 0.472 e. The van der Waals surface area contributed by atoms with Crippen molar-refractivity contribution >= 4 is 19.7 Å². The van der Waals surface area contributed by atoms with Gasteiger partial charge in [0.1, 0.15) is 19.3 Å². The van der Waals surface area contributed by atoms with Gasteiger partial charge in [0, 0.05) is 12.8 Å². The minimum atomic E-state index is -4.47. The molecule has 2 N–H and O–H groups in total. The van der Waals surface area contributed by atoms with Crippen LogP contribution in [0.1, 0.15) is 310 Å². The summed E-state index contributed by atoms with van der Waals surface area (Å²) in [7, 11) is 1.47. The van der Waals surface area contributed by atoms with E-state index in [2.05, 4.69) is 135 Å². The van der Waals surface area contributed by atoms with Crippen molar-refractivity contribution in [2.75, 3.05) is 40.9 Å². The van der Waals surface area contributed by atoms with Crippen LogP contribution in [0.4, 0.5) is 0 Å². The Morgan fingerprint density at radius 1 is 0.409 bits per heavy atom. The summed E-state index contributed by atoms with van der Waals surface area (Å²) in [5, 5.41) is 3.06. The first kappa shape index (κ1) is 84.4. The van der Waals surface area contributed by atoms with Gasteiger partial charge in [0.05, 0.1) is 33.8 Å². The summed E-state index contributed by atoms with van der Waals surface area (Å²) in [6.07, 6.45) is 93.6. The number of nitrogens with zero attached hydrogens (tertiary/aromatic N) is 1. The highest BCUT2D eigenvalue weighted by atomic mass is 31.2. The molecule has 10 heteroatoms. The average molecular weight is 1250 g/mol. The van der Waals surface area contributed by atoms with Gasteiger partial charge in [-0.15, -0.1) is 0 Å². The number of hydrogen-bond donors (Lipinski definition) is 2. The summed E-state index contributed by atoms with van der Waals surface area (Å²) < 4.78 is 30.8. The van der Waals surface area contributed by atoms with E-state index in [0.29, 0.717) is 23.9 Å². The van der Waals surface area contributed by atoms with Gasteiger partial charge in [0.2, 0.25) is 5.91 Å². The van der Waals surface area contributed by atoms with Crippen LogP contribution >= 0.6 is 7.82 Å². The normalized spacial score (nSPS) is 14.2. The fourth-order valence-corrected chi connectivity index (χ4v) is 10.8. The number of allylic oxidation sites excluding steroid dienone is 19. The van der Waals surface area contributed by atoms with E-state index in [9.17, 15) is 19.0 Å². The Balaban J connectivity index is 5.09. The van der Waals surface area contributed by atoms with Crippen LogP contribution in [0, 0.1) is 0 Å². The van der Waals surface area contributed by atoms with Crippen LogP contribution in [0.5, 0.6) is 0 Å². The molecule has 506 valence electrons. The van der Waals surface area contributed by atoms with E-state index in [1.165, 1.54) is 154 Å². The number of amides is 1. The summed E-state index contributed by atoms with van der Waals surface area (Å²) >= 11 is 0. The Bertz CT molecular complexity index is 1920. The van der Waals surface area contributed by atoms with Gasteiger partial charge in [-0.1, -0.05) is 297 Å². The molecule has 0 aliphatic rings. The molecule has 0 aliphatic heterocycles. The molecule has 88 heavy (non-hydrogen) atoms. The van der Waals surface area contributed by atoms with E-state index < -0.39 is 20.0 Å². The molecule has 0 fully saturated rings. The molecule has 0 aromatic rings. The highest BCUT2D eigenvalue weighted by molar-refractivity contribution is 7.47. The molecule has 3 atom stereocenters. The van der Waals surface area contributed by atoms with E-state index in [-0.39, 0.29) is 31.5 Å². The van der Waals surface area contributed by atoms with Crippen LogP contribution in [0.2, 0.25) is 0 Å². The van der Waals surface area contributed by atoms with Gasteiger partial charge in [-0.05, 0) is 122 Å². The van der Waals surface area contributed by atoms with Gasteiger partial charge in [0.25, 0.3) is 0 Å². The first-order valence-corrected chi connectivity index (χ1v) is 37.9. The Labute approximate surface area is 543 Å². The van der Waals surface area contributed by atoms with Gasteiger partial charge in [0.15, 0.2) is 0 Å². The molecule has 0 heterocycles. The third kappa shape index (κ3) is 66.8. The lowest BCUT2D eigenvalue weighted by Crippen LogP contribution is -2.47. The molecule has 0 aromatic carbocycles. The summed E-state index contributed by atoms with van der Waals surface area (Å²) in [6.45, 7) is 6.86. The van der Waals surface area contributed by atoms with Crippen LogP contribution in [-0.4, -0.2) is 74.3 Å². The van der Waals surface area contributed by atoms with E-state index in [0.717, 1.165) is 116 Å². The largest absolute Gasteiger partial charge is 0.472 e. The predicted octanol–water partition coefficient (Wildman–Crippen LogP) is 23.4. The van der Waals surface area contributed by atoms with E-state index in [4.69, 9.17) is 13.8 Å². The van der Waals surface area contributed by atoms with Crippen LogP contribution in [0.25, 0.3) is 0 Å². The van der Waals surface area contributed by atoms with Crippen molar-refractivity contribution in [3.63, 3.8) is 0 Å². The van der Waals surface area contributed by atoms with Crippen LogP contribution in [0.15, 0.2) is 122 Å². The number of hydrogen-bond acceptors (Lipinski definition) is 6. The van der Waals surface area contributed by atoms with E-state index in [1.807, 2.05) is 33.3 Å². The minimum Gasteiger partial charge on any atom is -0.456 e. The highest BCUT2D eigenvalue weighted by Gasteiger charge is 2.30. The van der Waals surface area contributed by atoms with Gasteiger partial charge >= 0.3 is 13.8 Å². The maximum atomic E-state index is 13.6. The third-order valence-corrected chi connectivity index (χ3v) is 16.6. The number of nitrogens with one attached hydrogen (secondary N) is 1. The molecule has 0 aromatic heterocycles. The zero-order valence-corrected chi connectivity index (χ0v) is 58.8. The summed E-state index contributed by atoms with van der Waals surface area (Å²) in [6, 6.07) is -0.871. The van der Waals surface area contributed by atoms with Gasteiger partial charge in [-0.2, -0.15) is 0 Å². The monoisotopic (exact) mass is 1250 g/mol. The quantitative estimate of drug-likeness (QED) is 0.0205. The first-order chi connectivity index (χ1) is 42.9. The summed E-state index contributed by atoms with van der Waals surface area (Å²) in [5.41, 5.74) is 0. The lowest BCUT2D eigenvalue weighted by Gasteiger charge is -2.27. The number of phosphoric acid groups is 1. The molecule has 3 unspecified atom stereocenters. The topological polar surface area (TPSA) is 111 Å². The van der Waals surface area contributed by atoms with Crippen LogP contribution in [-0.2, 0) is 27.9 Å². The molecule has 0 rings (SSSR count). The van der Waals surface area contributed by atoms with Crippen molar-refractivity contribution in [2.24, 2.45) is 0 Å². The molecule has 0 spiro atoms. The number of likely N-dealkylation sites (N-methyl/N-ethyl adjacent to an activating group) is 1. The fraction of sp³-hybridized carbons (Fsp3) is 0.718. The Morgan fingerprint density at radius 2 is 0.727 bits per heavy atom. The summed E-state index contributed by atoms with van der Waals surface area (Å²) in [5.74, 6) is -0.535. The number of carbonyl (C=O) groups is 2. The number of quaternary nitrogens is 1. The molecular weight excluding hydrogens is 1110 g/mol. The smallest absolute Gasteiger partial charge is 0.456 e. The van der Waals surface area contributed by atoms with Gasteiger partial charge in [-0.3, -0.25) is 18.6 Å². The second-order valence-electron chi connectivity index (χ2n) is 25.4. The molecule has 0 saturated carbocycles. The predicted molar refractivity (Wildman–Crippen MR) is 383 cm³/mol. The van der Waals surface area contributed by atoms with Crippen molar-refractivity contribution in [3.05, 3.63) is 122 Å². The number of carbonyl (C=O) groups excluding carboxylic acids is 2. The lowest BCUT2D eigenvalue weighted by atomic mass is 10.0. The molecule has 0 aliphatic carbocycles. The van der Waals surface area contributed by atoms with Crippen molar-refractivity contribution in [2.45, 2.75) is 322 Å². The van der Waals surface area contributed by atoms with Crippen molar-refractivity contribution in [3.8, 4) is 0 Å². The van der Waals surface area contributed by atoms with Crippen molar-refractivity contribution in [1.29, 1.82) is 0 Å². The van der Waals surface area contributed by atoms with Crippen LogP contribution < -0.4 is 5.32 Å². The zero-order chi connectivity index (χ0) is 64.2.